The van der Waals surface area contributed by atoms with Crippen LogP contribution < -0.4 is 0 Å². The van der Waals surface area contributed by atoms with Gasteiger partial charge >= 0.3 is 5.97 Å². The fourth-order valence-electron chi connectivity index (χ4n) is 1.54. The van der Waals surface area contributed by atoms with Gasteiger partial charge in [0, 0.05) is 12.8 Å². The van der Waals surface area contributed by atoms with E-state index in [4.69, 9.17) is 9.84 Å². The number of hydrogen-bond acceptors (Lipinski definition) is 3. The van der Waals surface area contributed by atoms with E-state index in [-0.39, 0.29) is 11.8 Å². The lowest BCUT2D eigenvalue weighted by Crippen LogP contribution is -2.18. The third-order valence-corrected chi connectivity index (χ3v) is 2.30. The molecule has 1 aliphatic rings. The van der Waals surface area contributed by atoms with Crippen LogP contribution in [0.25, 0.3) is 0 Å². The molecule has 14 heavy (non-hydrogen) atoms. The molecule has 2 rings (SSSR count). The molecule has 5 heteroatoms. The molecule has 1 saturated heterocycles. The van der Waals surface area contributed by atoms with E-state index in [1.54, 1.807) is 4.68 Å². The Morgan fingerprint density at radius 3 is 3.07 bits per heavy atom. The molecule has 0 aliphatic carbocycles. The number of rotatable bonds is 2. The first kappa shape index (κ1) is 9.21. The van der Waals surface area contributed by atoms with E-state index in [0.29, 0.717) is 0 Å². The van der Waals surface area contributed by atoms with Crippen molar-refractivity contribution >= 4 is 5.97 Å². The van der Waals surface area contributed by atoms with Crippen molar-refractivity contribution in [2.24, 2.45) is 0 Å². The predicted molar refractivity (Wildman–Crippen MR) is 48.0 cm³/mol. The fourth-order valence-corrected chi connectivity index (χ4v) is 1.54. The summed E-state index contributed by atoms with van der Waals surface area (Å²) < 4.78 is 7.05. The van der Waals surface area contributed by atoms with Crippen molar-refractivity contribution in [1.82, 2.24) is 9.78 Å². The SMILES string of the molecule is O=C(O)c1cnn(C2CCCCO2)c1. The van der Waals surface area contributed by atoms with Crippen molar-refractivity contribution in [1.29, 1.82) is 0 Å². The maximum atomic E-state index is 10.6. The van der Waals surface area contributed by atoms with Gasteiger partial charge in [-0.1, -0.05) is 0 Å². The van der Waals surface area contributed by atoms with Gasteiger partial charge in [-0.15, -0.1) is 0 Å². The van der Waals surface area contributed by atoms with E-state index in [0.717, 1.165) is 25.9 Å². The highest BCUT2D eigenvalue weighted by atomic mass is 16.5. The van der Waals surface area contributed by atoms with Gasteiger partial charge in [0.1, 0.15) is 6.23 Å². The molecule has 1 N–H and O–H groups in total. The zero-order valence-corrected chi connectivity index (χ0v) is 7.72. The van der Waals surface area contributed by atoms with Crippen LogP contribution in [0, 0.1) is 0 Å². The van der Waals surface area contributed by atoms with Crippen LogP contribution in [0.4, 0.5) is 0 Å². The summed E-state index contributed by atoms with van der Waals surface area (Å²) in [7, 11) is 0. The molecule has 0 amide bonds. The molecular formula is C9H12N2O3. The molecule has 0 spiro atoms. The summed E-state index contributed by atoms with van der Waals surface area (Å²) in [6.07, 6.45) is 5.85. The number of aromatic carboxylic acids is 1. The number of nitrogens with zero attached hydrogens (tertiary/aromatic N) is 2. The molecule has 0 radical (unpaired) electrons. The zero-order chi connectivity index (χ0) is 9.97. The Labute approximate surface area is 81.3 Å². The molecule has 1 aromatic rings. The van der Waals surface area contributed by atoms with E-state index >= 15 is 0 Å². The Bertz CT molecular complexity index is 329. The lowest BCUT2D eigenvalue weighted by atomic mass is 10.2. The van der Waals surface area contributed by atoms with Crippen LogP contribution >= 0.6 is 0 Å². The van der Waals surface area contributed by atoms with Crippen molar-refractivity contribution in [3.63, 3.8) is 0 Å². The average Bonchev–Trinajstić information content (AvgIpc) is 2.68. The molecule has 1 unspecified atom stereocenters. The largest absolute Gasteiger partial charge is 0.478 e. The van der Waals surface area contributed by atoms with Crippen molar-refractivity contribution in [3.05, 3.63) is 18.0 Å². The standard InChI is InChI=1S/C9H12N2O3/c12-9(13)7-5-10-11(6-7)8-3-1-2-4-14-8/h5-6,8H,1-4H2,(H,12,13). The van der Waals surface area contributed by atoms with E-state index in [2.05, 4.69) is 5.10 Å². The summed E-state index contributed by atoms with van der Waals surface area (Å²) in [6.45, 7) is 0.729. The third kappa shape index (κ3) is 1.77. The number of ether oxygens (including phenoxy) is 1. The van der Waals surface area contributed by atoms with Gasteiger partial charge in [0.2, 0.25) is 0 Å². The van der Waals surface area contributed by atoms with Crippen molar-refractivity contribution in [3.8, 4) is 0 Å². The third-order valence-electron chi connectivity index (χ3n) is 2.30. The molecule has 76 valence electrons. The van der Waals surface area contributed by atoms with Gasteiger partial charge in [-0.05, 0) is 19.3 Å². The molecule has 1 aromatic heterocycles. The number of carboxylic acids is 1. The molecule has 1 atom stereocenters. The normalized spacial score (nSPS) is 22.1. The van der Waals surface area contributed by atoms with E-state index in [1.165, 1.54) is 12.4 Å². The maximum Gasteiger partial charge on any atom is 0.338 e. The fraction of sp³-hybridized carbons (Fsp3) is 0.556. The maximum absolute atomic E-state index is 10.6. The van der Waals surface area contributed by atoms with Crippen molar-refractivity contribution < 1.29 is 14.6 Å². The second kappa shape index (κ2) is 3.79. The van der Waals surface area contributed by atoms with Gasteiger partial charge in [0.05, 0.1) is 11.8 Å². The molecule has 5 nitrogen and oxygen atoms in total. The lowest BCUT2D eigenvalue weighted by Gasteiger charge is -2.22. The van der Waals surface area contributed by atoms with Crippen LogP contribution in [0.1, 0.15) is 35.8 Å². The highest BCUT2D eigenvalue weighted by Gasteiger charge is 2.17. The second-order valence-corrected chi connectivity index (χ2v) is 3.34. The monoisotopic (exact) mass is 196 g/mol. The van der Waals surface area contributed by atoms with E-state index in [1.807, 2.05) is 0 Å². The number of aromatic nitrogens is 2. The molecular weight excluding hydrogens is 184 g/mol. The number of carboxylic acid groups (broad SMARTS) is 1. The minimum Gasteiger partial charge on any atom is -0.478 e. The van der Waals surface area contributed by atoms with Crippen LogP contribution in [-0.4, -0.2) is 27.5 Å². The van der Waals surface area contributed by atoms with Gasteiger partial charge in [0.25, 0.3) is 0 Å². The van der Waals surface area contributed by atoms with Crippen LogP contribution in [0.3, 0.4) is 0 Å². The van der Waals surface area contributed by atoms with E-state index in [9.17, 15) is 4.79 Å². The lowest BCUT2D eigenvalue weighted by molar-refractivity contribution is -0.0395. The Balaban J connectivity index is 2.11. The number of hydrogen-bond donors (Lipinski definition) is 1. The number of carbonyl (C=O) groups is 1. The molecule has 0 saturated carbocycles. The average molecular weight is 196 g/mol. The summed E-state index contributed by atoms with van der Waals surface area (Å²) >= 11 is 0. The Hall–Kier alpha value is -1.36. The van der Waals surface area contributed by atoms with Gasteiger partial charge in [-0.3, -0.25) is 0 Å². The first-order chi connectivity index (χ1) is 6.77. The Morgan fingerprint density at radius 1 is 1.64 bits per heavy atom. The second-order valence-electron chi connectivity index (χ2n) is 3.34. The van der Waals surface area contributed by atoms with Crippen LogP contribution in [0.2, 0.25) is 0 Å². The molecule has 0 aromatic carbocycles. The molecule has 0 bridgehead atoms. The molecule has 1 fully saturated rings. The Morgan fingerprint density at radius 2 is 2.50 bits per heavy atom. The highest BCUT2D eigenvalue weighted by molar-refractivity contribution is 5.86. The summed E-state index contributed by atoms with van der Waals surface area (Å²) in [5, 5.41) is 12.7. The first-order valence-electron chi connectivity index (χ1n) is 4.66. The van der Waals surface area contributed by atoms with Crippen LogP contribution in [0.5, 0.6) is 0 Å². The van der Waals surface area contributed by atoms with Gasteiger partial charge in [0.15, 0.2) is 0 Å². The first-order valence-corrected chi connectivity index (χ1v) is 4.66. The zero-order valence-electron chi connectivity index (χ0n) is 7.72. The quantitative estimate of drug-likeness (QED) is 0.773. The van der Waals surface area contributed by atoms with Crippen molar-refractivity contribution in [2.75, 3.05) is 6.61 Å². The van der Waals surface area contributed by atoms with Crippen LogP contribution in [0.15, 0.2) is 12.4 Å². The van der Waals surface area contributed by atoms with E-state index < -0.39 is 5.97 Å². The summed E-state index contributed by atoms with van der Waals surface area (Å²) in [5.41, 5.74) is 0.208. The Kier molecular flexibility index (Phi) is 2.49. The highest BCUT2D eigenvalue weighted by Crippen LogP contribution is 2.21. The predicted octanol–water partition coefficient (Wildman–Crippen LogP) is 1.28. The minimum absolute atomic E-state index is 0.0863. The van der Waals surface area contributed by atoms with Gasteiger partial charge in [-0.2, -0.15) is 5.10 Å². The summed E-state index contributed by atoms with van der Waals surface area (Å²) in [4.78, 5) is 10.6. The topological polar surface area (TPSA) is 64.3 Å². The van der Waals surface area contributed by atoms with Gasteiger partial charge in [-0.25, -0.2) is 9.48 Å². The molecule has 2 heterocycles. The summed E-state index contributed by atoms with van der Waals surface area (Å²) in [5.74, 6) is -0.952. The van der Waals surface area contributed by atoms with Crippen molar-refractivity contribution in [2.45, 2.75) is 25.5 Å². The van der Waals surface area contributed by atoms with Crippen LogP contribution in [-0.2, 0) is 4.74 Å². The smallest absolute Gasteiger partial charge is 0.338 e. The minimum atomic E-state index is -0.952. The molecule has 1 aliphatic heterocycles. The van der Waals surface area contributed by atoms with Gasteiger partial charge < -0.3 is 9.84 Å². The summed E-state index contributed by atoms with van der Waals surface area (Å²) in [6, 6.07) is 0.